The summed E-state index contributed by atoms with van der Waals surface area (Å²) in [7, 11) is 0. The molecule has 0 atom stereocenters. The van der Waals surface area contributed by atoms with Crippen LogP contribution in [-0.4, -0.2) is 4.37 Å². The van der Waals surface area contributed by atoms with Crippen LogP contribution in [0, 0.1) is 5.82 Å². The van der Waals surface area contributed by atoms with Crippen LogP contribution in [0.25, 0.3) is 0 Å². The second kappa shape index (κ2) is 4.27. The first kappa shape index (κ1) is 9.92. The van der Waals surface area contributed by atoms with Gasteiger partial charge in [-0.05, 0) is 29.7 Å². The molecule has 1 aromatic heterocycles. The number of nitrogens with zero attached hydrogens (tertiary/aromatic N) is 1. The van der Waals surface area contributed by atoms with Crippen molar-refractivity contribution in [2.45, 2.75) is 6.61 Å². The Morgan fingerprint density at radius 1 is 1.40 bits per heavy atom. The van der Waals surface area contributed by atoms with E-state index in [4.69, 9.17) is 10.5 Å². The molecular formula is C10H9FN2OS. The van der Waals surface area contributed by atoms with Gasteiger partial charge in [0.25, 0.3) is 0 Å². The van der Waals surface area contributed by atoms with Crippen LogP contribution in [0.15, 0.2) is 30.3 Å². The van der Waals surface area contributed by atoms with E-state index in [-0.39, 0.29) is 5.82 Å². The van der Waals surface area contributed by atoms with Gasteiger partial charge in [0, 0.05) is 6.07 Å². The Morgan fingerprint density at radius 3 is 2.93 bits per heavy atom. The molecule has 15 heavy (non-hydrogen) atoms. The number of halogens is 1. The lowest BCUT2D eigenvalue weighted by Gasteiger charge is -2.03. The van der Waals surface area contributed by atoms with Crippen molar-refractivity contribution in [1.29, 1.82) is 0 Å². The van der Waals surface area contributed by atoms with Gasteiger partial charge in [0.1, 0.15) is 24.0 Å². The van der Waals surface area contributed by atoms with E-state index in [2.05, 4.69) is 4.37 Å². The van der Waals surface area contributed by atoms with E-state index in [9.17, 15) is 4.39 Å². The number of nitrogens with two attached hydrogens (primary N) is 1. The lowest BCUT2D eigenvalue weighted by Crippen LogP contribution is -1.93. The standard InChI is InChI=1S/C10H9FN2OS/c11-7-2-1-3-8(4-7)14-6-9-5-10(12)13-15-9/h1-5H,6H2,(H2,12,13). The Balaban J connectivity index is 1.99. The van der Waals surface area contributed by atoms with Gasteiger partial charge in [-0.25, -0.2) is 4.39 Å². The van der Waals surface area contributed by atoms with Crippen LogP contribution in [0.3, 0.4) is 0 Å². The maximum atomic E-state index is 12.8. The Labute approximate surface area is 90.5 Å². The molecular weight excluding hydrogens is 215 g/mol. The van der Waals surface area contributed by atoms with Crippen molar-refractivity contribution in [1.82, 2.24) is 4.37 Å². The average molecular weight is 224 g/mol. The highest BCUT2D eigenvalue weighted by atomic mass is 32.1. The predicted molar refractivity (Wildman–Crippen MR) is 57.3 cm³/mol. The van der Waals surface area contributed by atoms with Gasteiger partial charge in [-0.15, -0.1) is 0 Å². The van der Waals surface area contributed by atoms with E-state index in [1.165, 1.54) is 23.7 Å². The van der Waals surface area contributed by atoms with Crippen molar-refractivity contribution in [3.05, 3.63) is 41.0 Å². The minimum absolute atomic E-state index is 0.309. The summed E-state index contributed by atoms with van der Waals surface area (Å²) >= 11 is 1.28. The largest absolute Gasteiger partial charge is 0.488 e. The molecule has 0 fully saturated rings. The second-order valence-corrected chi connectivity index (χ2v) is 3.85. The van der Waals surface area contributed by atoms with Gasteiger partial charge in [0.2, 0.25) is 0 Å². The molecule has 0 saturated heterocycles. The van der Waals surface area contributed by atoms with E-state index in [1.807, 2.05) is 0 Å². The van der Waals surface area contributed by atoms with Gasteiger partial charge in [-0.3, -0.25) is 0 Å². The van der Waals surface area contributed by atoms with Crippen molar-refractivity contribution >= 4 is 17.4 Å². The van der Waals surface area contributed by atoms with E-state index in [1.54, 1.807) is 18.2 Å². The van der Waals surface area contributed by atoms with Crippen molar-refractivity contribution in [2.75, 3.05) is 5.73 Å². The molecule has 3 nitrogen and oxygen atoms in total. The second-order valence-electron chi connectivity index (χ2n) is 2.96. The van der Waals surface area contributed by atoms with Crippen LogP contribution >= 0.6 is 11.5 Å². The highest BCUT2D eigenvalue weighted by molar-refractivity contribution is 7.06. The molecule has 0 saturated carbocycles. The lowest BCUT2D eigenvalue weighted by molar-refractivity contribution is 0.308. The van der Waals surface area contributed by atoms with Gasteiger partial charge in [-0.1, -0.05) is 6.07 Å². The Kier molecular flexibility index (Phi) is 2.82. The van der Waals surface area contributed by atoms with Crippen molar-refractivity contribution < 1.29 is 9.13 Å². The molecule has 0 amide bonds. The number of rotatable bonds is 3. The first-order valence-corrected chi connectivity index (χ1v) is 5.11. The summed E-state index contributed by atoms with van der Waals surface area (Å²) in [5, 5.41) is 0. The molecule has 0 aliphatic heterocycles. The Bertz CT molecular complexity index is 458. The van der Waals surface area contributed by atoms with Crippen molar-refractivity contribution in [3.63, 3.8) is 0 Å². The van der Waals surface area contributed by atoms with E-state index in [0.717, 1.165) is 4.88 Å². The third-order valence-corrected chi connectivity index (χ3v) is 2.53. The van der Waals surface area contributed by atoms with Crippen LogP contribution < -0.4 is 10.5 Å². The molecule has 0 spiro atoms. The summed E-state index contributed by atoms with van der Waals surface area (Å²) in [5.74, 6) is 0.677. The van der Waals surface area contributed by atoms with Gasteiger partial charge in [0.05, 0.1) is 4.88 Å². The molecule has 2 N–H and O–H groups in total. The summed E-state index contributed by atoms with van der Waals surface area (Å²) in [6.07, 6.45) is 0. The number of nitrogen functional groups attached to an aromatic ring is 1. The van der Waals surface area contributed by atoms with E-state index >= 15 is 0 Å². The van der Waals surface area contributed by atoms with Crippen molar-refractivity contribution in [3.8, 4) is 5.75 Å². The lowest BCUT2D eigenvalue weighted by atomic mass is 10.3. The number of hydrogen-bond acceptors (Lipinski definition) is 4. The third kappa shape index (κ3) is 2.66. The molecule has 2 aromatic rings. The Morgan fingerprint density at radius 2 is 2.27 bits per heavy atom. The van der Waals surface area contributed by atoms with Crippen LogP contribution in [0.2, 0.25) is 0 Å². The molecule has 0 aliphatic rings. The minimum Gasteiger partial charge on any atom is -0.488 e. The highest BCUT2D eigenvalue weighted by Gasteiger charge is 2.00. The average Bonchev–Trinajstić information content (AvgIpc) is 2.62. The maximum absolute atomic E-state index is 12.8. The van der Waals surface area contributed by atoms with Gasteiger partial charge in [0.15, 0.2) is 0 Å². The summed E-state index contributed by atoms with van der Waals surface area (Å²) in [5.41, 5.74) is 5.46. The fourth-order valence-electron chi connectivity index (χ4n) is 1.11. The summed E-state index contributed by atoms with van der Waals surface area (Å²) in [4.78, 5) is 0.914. The molecule has 78 valence electrons. The van der Waals surface area contributed by atoms with Crippen LogP contribution in [-0.2, 0) is 6.61 Å². The van der Waals surface area contributed by atoms with Crippen molar-refractivity contribution in [2.24, 2.45) is 0 Å². The summed E-state index contributed by atoms with van der Waals surface area (Å²) in [6, 6.07) is 7.76. The monoisotopic (exact) mass is 224 g/mol. The normalized spacial score (nSPS) is 10.2. The van der Waals surface area contributed by atoms with E-state index in [0.29, 0.717) is 18.2 Å². The molecule has 1 heterocycles. The molecule has 0 bridgehead atoms. The predicted octanol–water partition coefficient (Wildman–Crippen LogP) is 2.44. The molecule has 0 radical (unpaired) electrons. The van der Waals surface area contributed by atoms with Crippen LogP contribution in [0.4, 0.5) is 10.2 Å². The zero-order chi connectivity index (χ0) is 10.7. The van der Waals surface area contributed by atoms with Gasteiger partial charge >= 0.3 is 0 Å². The van der Waals surface area contributed by atoms with Crippen LogP contribution in [0.1, 0.15) is 4.88 Å². The number of anilines is 1. The molecule has 0 aliphatic carbocycles. The topological polar surface area (TPSA) is 48.1 Å². The number of benzene rings is 1. The fourth-order valence-corrected chi connectivity index (χ4v) is 1.67. The van der Waals surface area contributed by atoms with Gasteiger partial charge in [-0.2, -0.15) is 4.37 Å². The SMILES string of the molecule is Nc1cc(COc2cccc(F)c2)sn1. The first-order valence-electron chi connectivity index (χ1n) is 4.33. The number of ether oxygens (including phenoxy) is 1. The molecule has 0 unspecified atom stereocenters. The highest BCUT2D eigenvalue weighted by Crippen LogP contribution is 2.17. The summed E-state index contributed by atoms with van der Waals surface area (Å²) in [6.45, 7) is 0.359. The fraction of sp³-hybridized carbons (Fsp3) is 0.100. The smallest absolute Gasteiger partial charge is 0.137 e. The Hall–Kier alpha value is -1.62. The maximum Gasteiger partial charge on any atom is 0.137 e. The zero-order valence-corrected chi connectivity index (χ0v) is 8.63. The first-order chi connectivity index (χ1) is 7.24. The minimum atomic E-state index is -0.309. The van der Waals surface area contributed by atoms with Gasteiger partial charge < -0.3 is 10.5 Å². The molecule has 1 aromatic carbocycles. The third-order valence-electron chi connectivity index (χ3n) is 1.75. The molecule has 2 rings (SSSR count). The number of aromatic nitrogens is 1. The number of hydrogen-bond donors (Lipinski definition) is 1. The zero-order valence-electron chi connectivity index (χ0n) is 7.81. The molecule has 5 heteroatoms. The van der Waals surface area contributed by atoms with E-state index < -0.39 is 0 Å². The quantitative estimate of drug-likeness (QED) is 0.871. The van der Waals surface area contributed by atoms with Crippen LogP contribution in [0.5, 0.6) is 5.75 Å². The summed E-state index contributed by atoms with van der Waals surface area (Å²) < 4.78 is 22.1.